The van der Waals surface area contributed by atoms with Crippen molar-refractivity contribution < 1.29 is 9.50 Å². The molecule has 0 radical (unpaired) electrons. The van der Waals surface area contributed by atoms with Crippen LogP contribution in [0.3, 0.4) is 0 Å². The molecule has 1 saturated heterocycles. The quantitative estimate of drug-likeness (QED) is 0.792. The molecule has 6 heteroatoms. The minimum Gasteiger partial charge on any atom is -0.507 e. The number of halogens is 1. The van der Waals surface area contributed by atoms with Crippen molar-refractivity contribution >= 4 is 11.5 Å². The molecule has 2 atom stereocenters. The molecular formula is C18H19FN4O. The molecular weight excluding hydrogens is 307 g/mol. The number of rotatable bonds is 2. The fourth-order valence-corrected chi connectivity index (χ4v) is 3.34. The van der Waals surface area contributed by atoms with Gasteiger partial charge in [0, 0.05) is 30.4 Å². The van der Waals surface area contributed by atoms with Crippen molar-refractivity contribution in [3.8, 4) is 5.75 Å². The average Bonchev–Trinajstić information content (AvgIpc) is 3.01. The van der Waals surface area contributed by atoms with E-state index in [4.69, 9.17) is 10.7 Å². The van der Waals surface area contributed by atoms with E-state index in [1.807, 2.05) is 12.1 Å². The Morgan fingerprint density at radius 2 is 2.08 bits per heavy atom. The summed E-state index contributed by atoms with van der Waals surface area (Å²) in [6.07, 6.45) is 0.593. The van der Waals surface area contributed by atoms with E-state index in [9.17, 15) is 9.50 Å². The van der Waals surface area contributed by atoms with Crippen LogP contribution in [0.5, 0.6) is 5.75 Å². The van der Waals surface area contributed by atoms with Crippen LogP contribution in [-0.2, 0) is 0 Å². The second-order valence-corrected chi connectivity index (χ2v) is 6.27. The van der Waals surface area contributed by atoms with Crippen molar-refractivity contribution in [1.82, 2.24) is 4.90 Å². The molecule has 24 heavy (non-hydrogen) atoms. The van der Waals surface area contributed by atoms with Crippen molar-refractivity contribution in [3.63, 3.8) is 0 Å². The Bertz CT molecular complexity index is 807. The van der Waals surface area contributed by atoms with Gasteiger partial charge in [-0.05, 0) is 36.8 Å². The van der Waals surface area contributed by atoms with E-state index in [-0.39, 0.29) is 23.8 Å². The number of aliphatic imine (C=N–C) groups is 1. The number of phenols is 1. The molecule has 0 aromatic heterocycles. The molecule has 0 saturated carbocycles. The van der Waals surface area contributed by atoms with E-state index < -0.39 is 0 Å². The van der Waals surface area contributed by atoms with Gasteiger partial charge in [-0.25, -0.2) is 9.38 Å². The summed E-state index contributed by atoms with van der Waals surface area (Å²) < 4.78 is 13.8. The highest BCUT2D eigenvalue weighted by atomic mass is 19.1. The number of para-hydroxylation sites is 1. The Kier molecular flexibility index (Phi) is 3.70. The zero-order valence-corrected chi connectivity index (χ0v) is 13.1. The smallest absolute Gasteiger partial charge is 0.138 e. The minimum atomic E-state index is -0.305. The Balaban J connectivity index is 1.79. The Morgan fingerprint density at radius 3 is 2.83 bits per heavy atom. The fraction of sp³-hybridized carbons (Fsp3) is 0.278. The first-order chi connectivity index (χ1) is 11.6. The number of aromatic hydroxyl groups is 1. The van der Waals surface area contributed by atoms with Crippen LogP contribution in [0.15, 0.2) is 47.5 Å². The molecule has 0 spiro atoms. The summed E-state index contributed by atoms with van der Waals surface area (Å²) in [6.45, 7) is 1.54. The van der Waals surface area contributed by atoms with Crippen molar-refractivity contribution in [2.24, 2.45) is 10.7 Å². The van der Waals surface area contributed by atoms with Crippen LogP contribution in [0.2, 0.25) is 0 Å². The van der Waals surface area contributed by atoms with Gasteiger partial charge in [-0.15, -0.1) is 0 Å². The third kappa shape index (κ3) is 2.64. The zero-order chi connectivity index (χ0) is 16.7. The SMILES string of the molecule is N[C@@H]1CCN(C2N=C(c3ccccc3O)Nc3ccc(F)cc32)C1. The third-order valence-corrected chi connectivity index (χ3v) is 4.56. The van der Waals surface area contributed by atoms with Gasteiger partial charge in [0.15, 0.2) is 0 Å². The van der Waals surface area contributed by atoms with Gasteiger partial charge >= 0.3 is 0 Å². The molecule has 2 aliphatic heterocycles. The lowest BCUT2D eigenvalue weighted by atomic mass is 10.0. The number of fused-ring (bicyclic) bond motifs is 1. The summed E-state index contributed by atoms with van der Waals surface area (Å²) in [5, 5.41) is 13.3. The predicted octanol–water partition coefficient (Wildman–Crippen LogP) is 2.44. The Morgan fingerprint density at radius 1 is 1.25 bits per heavy atom. The van der Waals surface area contributed by atoms with E-state index in [1.165, 1.54) is 12.1 Å². The highest BCUT2D eigenvalue weighted by Gasteiger charge is 2.32. The third-order valence-electron chi connectivity index (χ3n) is 4.56. The number of amidine groups is 1. The van der Waals surface area contributed by atoms with Crippen molar-refractivity contribution in [3.05, 3.63) is 59.4 Å². The largest absolute Gasteiger partial charge is 0.507 e. The summed E-state index contributed by atoms with van der Waals surface area (Å²) in [7, 11) is 0. The maximum atomic E-state index is 13.8. The molecule has 1 unspecified atom stereocenters. The molecule has 4 rings (SSSR count). The van der Waals surface area contributed by atoms with Gasteiger partial charge < -0.3 is 16.2 Å². The van der Waals surface area contributed by atoms with E-state index in [1.54, 1.807) is 18.2 Å². The molecule has 1 fully saturated rings. The Hall–Kier alpha value is -2.44. The molecule has 0 bridgehead atoms. The van der Waals surface area contributed by atoms with Gasteiger partial charge in [0.2, 0.25) is 0 Å². The number of nitrogens with zero attached hydrogens (tertiary/aromatic N) is 2. The highest BCUT2D eigenvalue weighted by Crippen LogP contribution is 2.36. The van der Waals surface area contributed by atoms with Gasteiger partial charge in [-0.2, -0.15) is 0 Å². The van der Waals surface area contributed by atoms with E-state index >= 15 is 0 Å². The summed E-state index contributed by atoms with van der Waals surface area (Å²) in [5.74, 6) is 0.453. The van der Waals surface area contributed by atoms with Crippen LogP contribution in [0.4, 0.5) is 10.1 Å². The maximum Gasteiger partial charge on any atom is 0.138 e. The molecule has 2 aliphatic rings. The first-order valence-electron chi connectivity index (χ1n) is 8.04. The fourth-order valence-electron chi connectivity index (χ4n) is 3.34. The lowest BCUT2D eigenvalue weighted by molar-refractivity contribution is 0.249. The zero-order valence-electron chi connectivity index (χ0n) is 13.1. The molecule has 0 aliphatic carbocycles. The number of hydrogen-bond acceptors (Lipinski definition) is 5. The maximum absolute atomic E-state index is 13.8. The summed E-state index contributed by atoms with van der Waals surface area (Å²) in [5.41, 5.74) is 8.25. The second-order valence-electron chi connectivity index (χ2n) is 6.27. The van der Waals surface area contributed by atoms with Gasteiger partial charge in [0.25, 0.3) is 0 Å². The minimum absolute atomic E-state index is 0.112. The monoisotopic (exact) mass is 326 g/mol. The summed E-state index contributed by atoms with van der Waals surface area (Å²) >= 11 is 0. The lowest BCUT2D eigenvalue weighted by Gasteiger charge is -2.31. The van der Waals surface area contributed by atoms with E-state index in [0.717, 1.165) is 30.8 Å². The van der Waals surface area contributed by atoms with Crippen LogP contribution in [0.25, 0.3) is 0 Å². The highest BCUT2D eigenvalue weighted by molar-refractivity contribution is 6.11. The van der Waals surface area contributed by atoms with Crippen LogP contribution in [-0.4, -0.2) is 35.0 Å². The van der Waals surface area contributed by atoms with Gasteiger partial charge in [0.1, 0.15) is 23.6 Å². The number of nitrogens with one attached hydrogen (secondary N) is 1. The topological polar surface area (TPSA) is 73.9 Å². The van der Waals surface area contributed by atoms with Crippen LogP contribution in [0, 0.1) is 5.82 Å². The first kappa shape index (κ1) is 15.1. The molecule has 5 nitrogen and oxygen atoms in total. The number of phenolic OH excluding ortho intramolecular Hbond substituents is 1. The van der Waals surface area contributed by atoms with Crippen LogP contribution < -0.4 is 11.1 Å². The first-order valence-corrected chi connectivity index (χ1v) is 8.04. The van der Waals surface area contributed by atoms with Crippen LogP contribution in [0.1, 0.15) is 23.7 Å². The normalized spacial score (nSPS) is 23.5. The molecule has 2 aromatic rings. The number of benzene rings is 2. The molecule has 2 heterocycles. The van der Waals surface area contributed by atoms with E-state index in [2.05, 4.69) is 10.2 Å². The van der Waals surface area contributed by atoms with Crippen molar-refractivity contribution in [2.75, 3.05) is 18.4 Å². The van der Waals surface area contributed by atoms with Crippen molar-refractivity contribution in [1.29, 1.82) is 0 Å². The lowest BCUT2D eigenvalue weighted by Crippen LogP contribution is -2.33. The summed E-state index contributed by atoms with van der Waals surface area (Å²) in [4.78, 5) is 6.92. The average molecular weight is 326 g/mol. The second kappa shape index (κ2) is 5.89. The molecule has 4 N–H and O–H groups in total. The number of likely N-dealkylation sites (tertiary alicyclic amines) is 1. The Labute approximate surface area is 139 Å². The molecule has 2 aromatic carbocycles. The molecule has 0 amide bonds. The number of anilines is 1. The molecule has 124 valence electrons. The summed E-state index contributed by atoms with van der Waals surface area (Å²) in [6, 6.07) is 11.8. The van der Waals surface area contributed by atoms with Crippen LogP contribution >= 0.6 is 0 Å². The standard InChI is InChI=1S/C18H19FN4O/c19-11-5-6-15-14(9-11)18(23-8-7-12(20)10-23)22-17(21-15)13-3-1-2-4-16(13)24/h1-6,9,12,18,24H,7-8,10,20H2,(H,21,22)/t12-,18?/m1/s1. The number of hydrogen-bond donors (Lipinski definition) is 3. The van der Waals surface area contributed by atoms with Gasteiger partial charge in [-0.3, -0.25) is 4.90 Å². The van der Waals surface area contributed by atoms with Gasteiger partial charge in [0.05, 0.1) is 5.56 Å². The van der Waals surface area contributed by atoms with Gasteiger partial charge in [-0.1, -0.05) is 12.1 Å². The van der Waals surface area contributed by atoms with E-state index in [0.29, 0.717) is 11.4 Å². The van der Waals surface area contributed by atoms with Crippen molar-refractivity contribution in [2.45, 2.75) is 18.6 Å². The number of nitrogens with two attached hydrogens (primary N) is 1. The predicted molar refractivity (Wildman–Crippen MR) is 91.6 cm³/mol.